The highest BCUT2D eigenvalue weighted by Crippen LogP contribution is 2.30. The highest BCUT2D eigenvalue weighted by atomic mass is 16.5. The Bertz CT molecular complexity index is 999. The number of ether oxygens (including phenoxy) is 2. The third-order valence-corrected chi connectivity index (χ3v) is 4.53. The van der Waals surface area contributed by atoms with Crippen molar-refractivity contribution in [2.24, 2.45) is 5.92 Å². The minimum absolute atomic E-state index is 0.0329. The number of esters is 1. The Kier molecular flexibility index (Phi) is 5.52. The standard InChI is InChI=1S/C23H20N2O4/c26-22(16-7-8-16)25-19-11-9-17(10-12-19)23(27)28-15-18-4-1-2-6-21(18)29-20-5-3-13-24-14-20/h1-6,9-14,16H,7-8,15H2,(H,25,26). The Morgan fingerprint density at radius 2 is 1.79 bits per heavy atom. The van der Waals surface area contributed by atoms with E-state index in [1.54, 1.807) is 48.8 Å². The summed E-state index contributed by atoms with van der Waals surface area (Å²) in [5, 5.41) is 2.85. The lowest BCUT2D eigenvalue weighted by atomic mass is 10.2. The van der Waals surface area contributed by atoms with Crippen LogP contribution in [0.15, 0.2) is 73.1 Å². The van der Waals surface area contributed by atoms with Crippen LogP contribution in [0.3, 0.4) is 0 Å². The van der Waals surface area contributed by atoms with Gasteiger partial charge in [-0.2, -0.15) is 0 Å². The lowest BCUT2D eigenvalue weighted by Crippen LogP contribution is -2.13. The van der Waals surface area contributed by atoms with Gasteiger partial charge >= 0.3 is 5.97 Å². The van der Waals surface area contributed by atoms with Crippen molar-refractivity contribution < 1.29 is 19.1 Å². The van der Waals surface area contributed by atoms with Crippen LogP contribution in [0.4, 0.5) is 5.69 Å². The molecule has 1 aliphatic rings. The molecule has 1 amide bonds. The topological polar surface area (TPSA) is 77.5 Å². The van der Waals surface area contributed by atoms with E-state index >= 15 is 0 Å². The number of rotatable bonds is 7. The average molecular weight is 388 g/mol. The molecule has 146 valence electrons. The van der Waals surface area contributed by atoms with Crippen molar-refractivity contribution in [2.45, 2.75) is 19.4 Å². The van der Waals surface area contributed by atoms with Crippen molar-refractivity contribution in [2.75, 3.05) is 5.32 Å². The molecule has 4 rings (SSSR count). The minimum atomic E-state index is -0.443. The number of pyridine rings is 1. The highest BCUT2D eigenvalue weighted by molar-refractivity contribution is 5.95. The van der Waals surface area contributed by atoms with Crippen LogP contribution in [-0.2, 0) is 16.1 Å². The van der Waals surface area contributed by atoms with E-state index in [-0.39, 0.29) is 18.4 Å². The van der Waals surface area contributed by atoms with E-state index in [0.29, 0.717) is 22.7 Å². The molecule has 1 N–H and O–H groups in total. The van der Waals surface area contributed by atoms with Crippen molar-refractivity contribution in [1.29, 1.82) is 0 Å². The third kappa shape index (κ3) is 4.99. The molecule has 0 bridgehead atoms. The SMILES string of the molecule is O=C(OCc1ccccc1Oc1cccnc1)c1ccc(NC(=O)C2CC2)cc1. The molecular weight excluding hydrogens is 368 g/mol. The van der Waals surface area contributed by atoms with Crippen molar-refractivity contribution in [3.8, 4) is 11.5 Å². The lowest BCUT2D eigenvalue weighted by Gasteiger charge is -2.11. The number of benzene rings is 2. The van der Waals surface area contributed by atoms with E-state index in [2.05, 4.69) is 10.3 Å². The Morgan fingerprint density at radius 3 is 2.52 bits per heavy atom. The minimum Gasteiger partial charge on any atom is -0.457 e. The Labute approximate surface area is 168 Å². The van der Waals surface area contributed by atoms with E-state index < -0.39 is 5.97 Å². The molecule has 1 aromatic heterocycles. The van der Waals surface area contributed by atoms with Gasteiger partial charge in [-0.15, -0.1) is 0 Å². The molecule has 1 saturated carbocycles. The first-order valence-corrected chi connectivity index (χ1v) is 9.43. The molecule has 6 heteroatoms. The molecule has 1 fully saturated rings. The fourth-order valence-corrected chi connectivity index (χ4v) is 2.76. The van der Waals surface area contributed by atoms with Gasteiger partial charge in [-0.1, -0.05) is 18.2 Å². The number of anilines is 1. The average Bonchev–Trinajstić information content (AvgIpc) is 3.60. The predicted molar refractivity (Wildman–Crippen MR) is 108 cm³/mol. The van der Waals surface area contributed by atoms with Gasteiger partial charge in [0.05, 0.1) is 11.8 Å². The number of nitrogens with one attached hydrogen (secondary N) is 1. The smallest absolute Gasteiger partial charge is 0.338 e. The molecule has 0 atom stereocenters. The van der Waals surface area contributed by atoms with Crippen LogP contribution in [-0.4, -0.2) is 16.9 Å². The number of carbonyl (C=O) groups is 2. The van der Waals surface area contributed by atoms with Gasteiger partial charge in [-0.05, 0) is 55.3 Å². The Balaban J connectivity index is 1.36. The summed E-state index contributed by atoms with van der Waals surface area (Å²) in [6, 6.07) is 17.7. The quantitative estimate of drug-likeness (QED) is 0.600. The Morgan fingerprint density at radius 1 is 1.00 bits per heavy atom. The van der Waals surface area contributed by atoms with Crippen LogP contribution >= 0.6 is 0 Å². The van der Waals surface area contributed by atoms with Crippen molar-refractivity contribution in [1.82, 2.24) is 4.98 Å². The van der Waals surface area contributed by atoms with E-state index in [0.717, 1.165) is 18.4 Å². The molecule has 1 aliphatic carbocycles. The summed E-state index contributed by atoms with van der Waals surface area (Å²) in [7, 11) is 0. The summed E-state index contributed by atoms with van der Waals surface area (Å²) in [6.07, 6.45) is 5.18. The van der Waals surface area contributed by atoms with Crippen LogP contribution in [0.5, 0.6) is 11.5 Å². The molecule has 0 saturated heterocycles. The van der Waals surface area contributed by atoms with Crippen molar-refractivity contribution in [3.63, 3.8) is 0 Å². The number of amides is 1. The zero-order valence-electron chi connectivity index (χ0n) is 15.7. The van der Waals surface area contributed by atoms with Crippen LogP contribution in [0.2, 0.25) is 0 Å². The molecule has 1 heterocycles. The normalized spacial score (nSPS) is 12.8. The molecule has 6 nitrogen and oxygen atoms in total. The highest BCUT2D eigenvalue weighted by Gasteiger charge is 2.29. The van der Waals surface area contributed by atoms with Gasteiger partial charge in [-0.25, -0.2) is 4.79 Å². The maximum Gasteiger partial charge on any atom is 0.338 e. The zero-order chi connectivity index (χ0) is 20.1. The Hall–Kier alpha value is -3.67. The molecule has 3 aromatic rings. The summed E-state index contributed by atoms with van der Waals surface area (Å²) < 4.78 is 11.3. The number of aromatic nitrogens is 1. The molecular formula is C23H20N2O4. The number of para-hydroxylation sites is 1. The van der Waals surface area contributed by atoms with Gasteiger partial charge < -0.3 is 14.8 Å². The fourth-order valence-electron chi connectivity index (χ4n) is 2.76. The van der Waals surface area contributed by atoms with E-state index in [4.69, 9.17) is 9.47 Å². The van der Waals surface area contributed by atoms with Gasteiger partial charge in [0, 0.05) is 23.4 Å². The van der Waals surface area contributed by atoms with E-state index in [1.165, 1.54) is 0 Å². The second-order valence-electron chi connectivity index (χ2n) is 6.82. The largest absolute Gasteiger partial charge is 0.457 e. The van der Waals surface area contributed by atoms with Crippen molar-refractivity contribution in [3.05, 3.63) is 84.2 Å². The van der Waals surface area contributed by atoms with Crippen LogP contribution in [0.25, 0.3) is 0 Å². The number of hydrogen-bond acceptors (Lipinski definition) is 5. The predicted octanol–water partition coefficient (Wildman–Crippen LogP) is 4.58. The van der Waals surface area contributed by atoms with Crippen LogP contribution in [0, 0.1) is 5.92 Å². The molecule has 2 aromatic carbocycles. The fraction of sp³-hybridized carbons (Fsp3) is 0.174. The van der Waals surface area contributed by atoms with Gasteiger partial charge in [0.2, 0.25) is 5.91 Å². The molecule has 0 aliphatic heterocycles. The summed E-state index contributed by atoms with van der Waals surface area (Å²) in [5.41, 5.74) is 1.84. The van der Waals surface area contributed by atoms with Gasteiger partial charge in [0.15, 0.2) is 0 Å². The number of hydrogen-bond donors (Lipinski definition) is 1. The summed E-state index contributed by atoms with van der Waals surface area (Å²) >= 11 is 0. The zero-order valence-corrected chi connectivity index (χ0v) is 15.7. The first kappa shape index (κ1) is 18.7. The second-order valence-corrected chi connectivity index (χ2v) is 6.82. The number of nitrogens with zero attached hydrogens (tertiary/aromatic N) is 1. The van der Waals surface area contributed by atoms with E-state index in [9.17, 15) is 9.59 Å². The summed E-state index contributed by atoms with van der Waals surface area (Å²) in [6.45, 7) is 0.0788. The van der Waals surface area contributed by atoms with Crippen LogP contribution in [0.1, 0.15) is 28.8 Å². The maximum absolute atomic E-state index is 12.4. The maximum atomic E-state index is 12.4. The van der Waals surface area contributed by atoms with Gasteiger partial charge in [0.1, 0.15) is 18.1 Å². The van der Waals surface area contributed by atoms with Crippen molar-refractivity contribution >= 4 is 17.6 Å². The van der Waals surface area contributed by atoms with E-state index in [1.807, 2.05) is 24.3 Å². The molecule has 29 heavy (non-hydrogen) atoms. The second kappa shape index (κ2) is 8.56. The first-order chi connectivity index (χ1) is 14.2. The molecule has 0 spiro atoms. The van der Waals surface area contributed by atoms with Crippen LogP contribution < -0.4 is 10.1 Å². The summed E-state index contributed by atoms with van der Waals surface area (Å²) in [4.78, 5) is 28.2. The monoisotopic (exact) mass is 388 g/mol. The number of carbonyl (C=O) groups excluding carboxylic acids is 2. The third-order valence-electron chi connectivity index (χ3n) is 4.53. The molecule has 0 radical (unpaired) electrons. The molecule has 0 unspecified atom stereocenters. The lowest BCUT2D eigenvalue weighted by molar-refractivity contribution is -0.117. The summed E-state index contributed by atoms with van der Waals surface area (Å²) in [5.74, 6) is 0.932. The van der Waals surface area contributed by atoms with Gasteiger partial charge in [-0.3, -0.25) is 9.78 Å². The first-order valence-electron chi connectivity index (χ1n) is 9.43. The van der Waals surface area contributed by atoms with Gasteiger partial charge in [0.25, 0.3) is 0 Å².